The fourth-order valence-electron chi connectivity index (χ4n) is 2.69. The van der Waals surface area contributed by atoms with Crippen molar-refractivity contribution in [2.75, 3.05) is 0 Å². The van der Waals surface area contributed by atoms with Crippen LogP contribution in [0.25, 0.3) is 0 Å². The molecule has 1 aliphatic rings. The summed E-state index contributed by atoms with van der Waals surface area (Å²) < 4.78 is 76.6. The van der Waals surface area contributed by atoms with Gasteiger partial charge in [0.25, 0.3) is 0 Å². The highest BCUT2D eigenvalue weighted by molar-refractivity contribution is 5.14. The van der Waals surface area contributed by atoms with Gasteiger partial charge >= 0.3 is 12.4 Å². The number of alkyl halides is 6. The molecule has 0 N–H and O–H groups in total. The van der Waals surface area contributed by atoms with Gasteiger partial charge in [-0.3, -0.25) is 0 Å². The molecular formula is C11H16F6. The van der Waals surface area contributed by atoms with Gasteiger partial charge in [-0.15, -0.1) is 0 Å². The van der Waals surface area contributed by atoms with Crippen LogP contribution in [-0.4, -0.2) is 12.4 Å². The highest BCUT2D eigenvalue weighted by Gasteiger charge is 2.78. The van der Waals surface area contributed by atoms with Gasteiger partial charge in [0.15, 0.2) is 0 Å². The van der Waals surface area contributed by atoms with Crippen LogP contribution in [0.4, 0.5) is 26.3 Å². The Bertz CT molecular complexity index is 295. The minimum absolute atomic E-state index is 0.430. The molecule has 1 saturated carbocycles. The summed E-state index contributed by atoms with van der Waals surface area (Å²) in [5.41, 5.74) is -3.36. The Morgan fingerprint density at radius 3 is 1.59 bits per heavy atom. The first-order valence-electron chi connectivity index (χ1n) is 5.38. The van der Waals surface area contributed by atoms with Crippen LogP contribution in [0.1, 0.15) is 34.1 Å². The second kappa shape index (κ2) is 3.54. The summed E-state index contributed by atoms with van der Waals surface area (Å²) in [6, 6.07) is 0. The molecule has 0 spiro atoms. The third-order valence-corrected chi connectivity index (χ3v) is 3.84. The van der Waals surface area contributed by atoms with E-state index in [9.17, 15) is 26.3 Å². The van der Waals surface area contributed by atoms with E-state index >= 15 is 0 Å². The van der Waals surface area contributed by atoms with Crippen LogP contribution in [0.15, 0.2) is 0 Å². The second-order valence-electron chi connectivity index (χ2n) is 5.92. The molecule has 0 radical (unpaired) electrons. The molecule has 0 aliphatic heterocycles. The van der Waals surface area contributed by atoms with Crippen molar-refractivity contribution in [1.82, 2.24) is 0 Å². The second-order valence-corrected chi connectivity index (χ2v) is 5.92. The van der Waals surface area contributed by atoms with Crippen molar-refractivity contribution in [2.45, 2.75) is 46.5 Å². The van der Waals surface area contributed by atoms with Crippen LogP contribution in [-0.2, 0) is 0 Å². The van der Waals surface area contributed by atoms with E-state index in [1.807, 2.05) is 0 Å². The fraction of sp³-hybridized carbons (Fsp3) is 1.00. The number of rotatable bonds is 1. The summed E-state index contributed by atoms with van der Waals surface area (Å²) in [6.07, 6.45) is -10.0. The van der Waals surface area contributed by atoms with Crippen LogP contribution >= 0.6 is 0 Å². The Hall–Kier alpha value is -0.420. The highest BCUT2D eigenvalue weighted by Crippen LogP contribution is 2.73. The zero-order valence-electron chi connectivity index (χ0n) is 10.1. The van der Waals surface area contributed by atoms with E-state index in [1.54, 1.807) is 20.8 Å². The SMILES string of the molecule is CC(C(F)(F)F)C1(C(F)(F)F)CC1C(C)(C)C. The molecule has 0 amide bonds. The van der Waals surface area contributed by atoms with Gasteiger partial charge in [-0.1, -0.05) is 27.7 Å². The summed E-state index contributed by atoms with van der Waals surface area (Å²) in [7, 11) is 0. The lowest BCUT2D eigenvalue weighted by Gasteiger charge is -2.32. The van der Waals surface area contributed by atoms with Gasteiger partial charge in [-0.2, -0.15) is 26.3 Å². The normalized spacial score (nSPS) is 32.5. The molecule has 0 bridgehead atoms. The molecule has 3 atom stereocenters. The summed E-state index contributed by atoms with van der Waals surface area (Å²) in [4.78, 5) is 0. The Morgan fingerprint density at radius 1 is 1.00 bits per heavy atom. The topological polar surface area (TPSA) is 0 Å². The monoisotopic (exact) mass is 262 g/mol. The molecule has 0 heterocycles. The largest absolute Gasteiger partial charge is 0.395 e. The Balaban J connectivity index is 3.11. The van der Waals surface area contributed by atoms with E-state index in [0.717, 1.165) is 0 Å². The Morgan fingerprint density at radius 2 is 1.41 bits per heavy atom. The van der Waals surface area contributed by atoms with Crippen molar-refractivity contribution < 1.29 is 26.3 Å². The minimum atomic E-state index is -4.81. The molecule has 17 heavy (non-hydrogen) atoms. The van der Waals surface area contributed by atoms with E-state index in [1.165, 1.54) is 0 Å². The lowest BCUT2D eigenvalue weighted by Crippen LogP contribution is -2.42. The van der Waals surface area contributed by atoms with Gasteiger partial charge in [-0.05, 0) is 17.8 Å². The highest BCUT2D eigenvalue weighted by atomic mass is 19.4. The summed E-state index contributed by atoms with van der Waals surface area (Å²) >= 11 is 0. The molecule has 0 aromatic heterocycles. The third kappa shape index (κ3) is 2.27. The number of hydrogen-bond acceptors (Lipinski definition) is 0. The van der Waals surface area contributed by atoms with Gasteiger partial charge < -0.3 is 0 Å². The molecule has 0 aromatic carbocycles. The lowest BCUT2D eigenvalue weighted by atomic mass is 9.78. The predicted octanol–water partition coefficient (Wildman–Crippen LogP) is 4.80. The van der Waals surface area contributed by atoms with E-state index in [2.05, 4.69) is 0 Å². The molecular weight excluding hydrogens is 246 g/mol. The van der Waals surface area contributed by atoms with Crippen molar-refractivity contribution in [3.8, 4) is 0 Å². The fourth-order valence-corrected chi connectivity index (χ4v) is 2.69. The van der Waals surface area contributed by atoms with Crippen molar-refractivity contribution in [3.63, 3.8) is 0 Å². The van der Waals surface area contributed by atoms with Crippen molar-refractivity contribution >= 4 is 0 Å². The molecule has 0 nitrogen and oxygen atoms in total. The average Bonchev–Trinajstić information content (AvgIpc) is 2.73. The molecule has 1 rings (SSSR count). The Labute approximate surface area is 96.4 Å². The molecule has 6 heteroatoms. The van der Waals surface area contributed by atoms with Crippen molar-refractivity contribution in [2.24, 2.45) is 22.7 Å². The van der Waals surface area contributed by atoms with Gasteiger partial charge in [0.2, 0.25) is 0 Å². The maximum absolute atomic E-state index is 13.0. The van der Waals surface area contributed by atoms with Gasteiger partial charge in [0.05, 0.1) is 11.3 Å². The minimum Gasteiger partial charge on any atom is -0.171 e. The first-order chi connectivity index (χ1) is 7.24. The van der Waals surface area contributed by atoms with Gasteiger partial charge in [0.1, 0.15) is 0 Å². The molecule has 102 valence electrons. The van der Waals surface area contributed by atoms with Gasteiger partial charge in [-0.25, -0.2) is 0 Å². The van der Waals surface area contributed by atoms with Gasteiger partial charge in [0, 0.05) is 0 Å². The zero-order chi connectivity index (χ0) is 13.9. The molecule has 1 aliphatic carbocycles. The summed E-state index contributed by atoms with van der Waals surface area (Å²) in [6.45, 7) is 5.29. The maximum Gasteiger partial charge on any atom is 0.395 e. The van der Waals surface area contributed by atoms with Crippen molar-refractivity contribution in [1.29, 1.82) is 0 Å². The molecule has 0 saturated heterocycles. The smallest absolute Gasteiger partial charge is 0.171 e. The van der Waals surface area contributed by atoms with E-state index in [-0.39, 0.29) is 0 Å². The summed E-state index contributed by atoms with van der Waals surface area (Å²) in [5, 5.41) is 0. The van der Waals surface area contributed by atoms with E-state index < -0.39 is 41.4 Å². The zero-order valence-corrected chi connectivity index (χ0v) is 10.1. The summed E-state index contributed by atoms with van der Waals surface area (Å²) in [5.74, 6) is -3.31. The first kappa shape index (κ1) is 14.6. The van der Waals surface area contributed by atoms with Crippen molar-refractivity contribution in [3.05, 3.63) is 0 Å². The predicted molar refractivity (Wildman–Crippen MR) is 51.3 cm³/mol. The molecule has 3 unspecified atom stereocenters. The quantitative estimate of drug-likeness (QED) is 0.595. The number of halogens is 6. The Kier molecular flexibility index (Phi) is 3.05. The number of hydrogen-bond donors (Lipinski definition) is 0. The van der Waals surface area contributed by atoms with Crippen LogP contribution in [0.2, 0.25) is 0 Å². The van der Waals surface area contributed by atoms with Crippen LogP contribution in [0.5, 0.6) is 0 Å². The molecule has 1 fully saturated rings. The van der Waals surface area contributed by atoms with E-state index in [0.29, 0.717) is 6.92 Å². The first-order valence-corrected chi connectivity index (χ1v) is 5.38. The average molecular weight is 262 g/mol. The maximum atomic E-state index is 13.0. The lowest BCUT2D eigenvalue weighted by molar-refractivity contribution is -0.268. The standard InChI is InChI=1S/C11H16F6/c1-6(10(12,13)14)9(11(15,16)17)5-7(9)8(2,3)4/h6-7H,5H2,1-4H3. The molecule has 0 aromatic rings. The third-order valence-electron chi connectivity index (χ3n) is 3.84. The van der Waals surface area contributed by atoms with Crippen LogP contribution in [0, 0.1) is 22.7 Å². The van der Waals surface area contributed by atoms with Crippen LogP contribution < -0.4 is 0 Å². The van der Waals surface area contributed by atoms with E-state index in [4.69, 9.17) is 0 Å². The van der Waals surface area contributed by atoms with Crippen LogP contribution in [0.3, 0.4) is 0 Å².